The Bertz CT molecular complexity index is 850. The van der Waals surface area contributed by atoms with E-state index >= 15 is 0 Å². The van der Waals surface area contributed by atoms with E-state index in [2.05, 4.69) is 70.0 Å². The minimum Gasteiger partial charge on any atom is -0.351 e. The van der Waals surface area contributed by atoms with Gasteiger partial charge < -0.3 is 9.88 Å². The van der Waals surface area contributed by atoms with Crippen molar-refractivity contribution in [2.45, 2.75) is 26.8 Å². The van der Waals surface area contributed by atoms with Gasteiger partial charge in [-0.15, -0.1) is 11.3 Å². The molecule has 1 amide bonds. The number of hydrogen-bond acceptors (Lipinski definition) is 2. The third kappa shape index (κ3) is 3.51. The molecule has 0 aliphatic rings. The van der Waals surface area contributed by atoms with E-state index in [1.165, 1.54) is 11.1 Å². The second-order valence-electron chi connectivity index (χ2n) is 5.66. The third-order valence-electron chi connectivity index (χ3n) is 3.75. The Labute approximate surface area is 148 Å². The topological polar surface area (TPSA) is 34.0 Å². The summed E-state index contributed by atoms with van der Waals surface area (Å²) >= 11 is 5.20. The molecule has 0 saturated carbocycles. The molecule has 5 heteroatoms. The van der Waals surface area contributed by atoms with Gasteiger partial charge in [0, 0.05) is 13.1 Å². The first-order valence-electron chi connectivity index (χ1n) is 7.71. The van der Waals surface area contributed by atoms with Crippen molar-refractivity contribution >= 4 is 43.4 Å². The van der Waals surface area contributed by atoms with Crippen molar-refractivity contribution in [3.05, 3.63) is 57.0 Å². The van der Waals surface area contributed by atoms with Gasteiger partial charge >= 0.3 is 0 Å². The third-order valence-corrected chi connectivity index (χ3v) is 5.33. The lowest BCUT2D eigenvalue weighted by molar-refractivity contribution is 0.0945. The van der Waals surface area contributed by atoms with Crippen LogP contribution in [0.25, 0.3) is 10.2 Å². The smallest absolute Gasteiger partial charge is 0.267 e. The summed E-state index contributed by atoms with van der Waals surface area (Å²) in [6.45, 7) is 5.54. The highest BCUT2D eigenvalue weighted by atomic mass is 79.9. The molecule has 0 bridgehead atoms. The molecule has 0 fully saturated rings. The van der Waals surface area contributed by atoms with E-state index in [4.69, 9.17) is 0 Å². The zero-order valence-corrected chi connectivity index (χ0v) is 15.6. The normalized spacial score (nSPS) is 11.1. The summed E-state index contributed by atoms with van der Waals surface area (Å²) in [4.78, 5) is 12.5. The van der Waals surface area contributed by atoms with Gasteiger partial charge in [-0.1, -0.05) is 36.8 Å². The lowest BCUT2D eigenvalue weighted by atomic mass is 10.1. The summed E-state index contributed by atoms with van der Waals surface area (Å²) in [5.74, 6) is -0.000902. The summed E-state index contributed by atoms with van der Waals surface area (Å²) < 4.78 is 4.32. The van der Waals surface area contributed by atoms with Gasteiger partial charge in [-0.2, -0.15) is 0 Å². The van der Waals surface area contributed by atoms with Crippen molar-refractivity contribution in [3.8, 4) is 0 Å². The molecular formula is C18H19BrN2OS. The quantitative estimate of drug-likeness (QED) is 0.655. The summed E-state index contributed by atoms with van der Waals surface area (Å²) in [5.41, 5.74) is 4.27. The Morgan fingerprint density at radius 2 is 2.13 bits per heavy atom. The first-order valence-corrected chi connectivity index (χ1v) is 9.31. The van der Waals surface area contributed by atoms with Crippen molar-refractivity contribution < 1.29 is 4.79 Å². The molecule has 2 aromatic heterocycles. The second kappa shape index (κ2) is 6.89. The van der Waals surface area contributed by atoms with Crippen LogP contribution in [-0.2, 0) is 6.54 Å². The zero-order chi connectivity index (χ0) is 16.4. The van der Waals surface area contributed by atoms with Crippen LogP contribution in [0.1, 0.15) is 35.0 Å². The van der Waals surface area contributed by atoms with Crippen LogP contribution in [0.3, 0.4) is 0 Å². The summed E-state index contributed by atoms with van der Waals surface area (Å²) in [7, 11) is 0. The molecule has 0 atom stereocenters. The van der Waals surface area contributed by atoms with Gasteiger partial charge in [0.25, 0.3) is 5.91 Å². The van der Waals surface area contributed by atoms with Gasteiger partial charge in [-0.05, 0) is 47.0 Å². The summed E-state index contributed by atoms with van der Waals surface area (Å²) in [5, 5.41) is 2.98. The van der Waals surface area contributed by atoms with Crippen LogP contribution in [0, 0.1) is 6.92 Å². The largest absolute Gasteiger partial charge is 0.351 e. The maximum absolute atomic E-state index is 12.5. The van der Waals surface area contributed by atoms with Crippen molar-refractivity contribution in [1.29, 1.82) is 0 Å². The van der Waals surface area contributed by atoms with Crippen LogP contribution in [0.2, 0.25) is 0 Å². The fraction of sp³-hybridized carbons (Fsp3) is 0.278. The summed E-state index contributed by atoms with van der Waals surface area (Å²) in [6, 6.07) is 12.5. The van der Waals surface area contributed by atoms with E-state index < -0.39 is 0 Å². The highest BCUT2D eigenvalue weighted by Crippen LogP contribution is 2.33. The Morgan fingerprint density at radius 3 is 2.87 bits per heavy atom. The Balaban J connectivity index is 2.02. The second-order valence-corrected chi connectivity index (χ2v) is 8.12. The molecule has 3 rings (SSSR count). The number of benzene rings is 1. The van der Waals surface area contributed by atoms with Crippen LogP contribution in [0.15, 0.2) is 40.2 Å². The number of aryl methyl sites for hydroxylation is 1. The van der Waals surface area contributed by atoms with Gasteiger partial charge in [0.05, 0.1) is 14.0 Å². The number of aromatic nitrogens is 1. The first-order chi connectivity index (χ1) is 11.1. The highest BCUT2D eigenvalue weighted by Gasteiger charge is 2.17. The predicted octanol–water partition coefficient (Wildman–Crippen LogP) is 4.96. The number of rotatable bonds is 5. The first kappa shape index (κ1) is 16.3. The minimum atomic E-state index is -0.000902. The molecule has 2 heterocycles. The van der Waals surface area contributed by atoms with Crippen LogP contribution in [-0.4, -0.2) is 17.0 Å². The Morgan fingerprint density at radius 1 is 1.30 bits per heavy atom. The molecule has 0 aliphatic carbocycles. The minimum absolute atomic E-state index is 0.000902. The van der Waals surface area contributed by atoms with Gasteiger partial charge in [0.2, 0.25) is 0 Å². The van der Waals surface area contributed by atoms with E-state index in [-0.39, 0.29) is 5.91 Å². The highest BCUT2D eigenvalue weighted by molar-refractivity contribution is 9.11. The molecule has 3 nitrogen and oxygen atoms in total. The molecule has 0 radical (unpaired) electrons. The van der Waals surface area contributed by atoms with Crippen LogP contribution in [0.5, 0.6) is 0 Å². The Kier molecular flexibility index (Phi) is 4.87. The molecule has 1 N–H and O–H groups in total. The van der Waals surface area contributed by atoms with Crippen LogP contribution < -0.4 is 5.32 Å². The van der Waals surface area contributed by atoms with E-state index in [1.54, 1.807) is 11.3 Å². The fourth-order valence-corrected chi connectivity index (χ4v) is 4.26. The number of thiophene rings is 1. The van der Waals surface area contributed by atoms with Gasteiger partial charge in [0.1, 0.15) is 5.69 Å². The monoisotopic (exact) mass is 390 g/mol. The van der Waals surface area contributed by atoms with Crippen molar-refractivity contribution in [1.82, 2.24) is 9.88 Å². The average Bonchev–Trinajstić information content (AvgIpc) is 3.02. The van der Waals surface area contributed by atoms with Gasteiger partial charge in [-0.25, -0.2) is 0 Å². The number of nitrogens with zero attached hydrogens (tertiary/aromatic N) is 1. The van der Waals surface area contributed by atoms with Crippen molar-refractivity contribution in [2.24, 2.45) is 0 Å². The molecule has 3 aromatic rings. The number of halogens is 1. The van der Waals surface area contributed by atoms with Crippen molar-refractivity contribution in [2.75, 3.05) is 6.54 Å². The van der Waals surface area contributed by atoms with E-state index in [9.17, 15) is 4.79 Å². The molecule has 120 valence electrons. The molecular weight excluding hydrogens is 372 g/mol. The number of nitrogens with one attached hydrogen (secondary N) is 1. The van der Waals surface area contributed by atoms with E-state index in [0.29, 0.717) is 13.1 Å². The van der Waals surface area contributed by atoms with E-state index in [0.717, 1.165) is 26.1 Å². The molecule has 1 aromatic carbocycles. The number of carbonyl (C=O) groups excluding carboxylic acids is 1. The Hall–Kier alpha value is -1.59. The van der Waals surface area contributed by atoms with Crippen LogP contribution >= 0.6 is 27.3 Å². The van der Waals surface area contributed by atoms with Gasteiger partial charge in [0.15, 0.2) is 0 Å². The lowest BCUT2D eigenvalue weighted by Gasteiger charge is -2.11. The molecule has 0 unspecified atom stereocenters. The molecule has 23 heavy (non-hydrogen) atoms. The fourth-order valence-electron chi connectivity index (χ4n) is 2.69. The SMILES string of the molecule is CCCNC(=O)c1cc2sc(Br)cc2n1Cc1cccc(C)c1. The molecule has 0 aliphatic heterocycles. The average molecular weight is 391 g/mol. The number of hydrogen-bond donors (Lipinski definition) is 1. The van der Waals surface area contributed by atoms with E-state index in [1.807, 2.05) is 6.07 Å². The zero-order valence-electron chi connectivity index (χ0n) is 13.2. The lowest BCUT2D eigenvalue weighted by Crippen LogP contribution is -2.26. The molecule has 0 saturated heterocycles. The van der Waals surface area contributed by atoms with Crippen molar-refractivity contribution in [3.63, 3.8) is 0 Å². The van der Waals surface area contributed by atoms with Gasteiger partial charge in [-0.3, -0.25) is 4.79 Å². The van der Waals surface area contributed by atoms with Crippen LogP contribution in [0.4, 0.5) is 0 Å². The maximum Gasteiger partial charge on any atom is 0.267 e. The number of carbonyl (C=O) groups is 1. The number of fused-ring (bicyclic) bond motifs is 1. The maximum atomic E-state index is 12.5. The summed E-state index contributed by atoms with van der Waals surface area (Å²) in [6.07, 6.45) is 0.935. The number of amides is 1. The standard InChI is InChI=1S/C18H19BrN2OS/c1-3-7-20-18(22)15-9-16-14(10-17(19)23-16)21(15)11-13-6-4-5-12(2)8-13/h4-6,8-10H,3,7,11H2,1-2H3,(H,20,22). The predicted molar refractivity (Wildman–Crippen MR) is 100 cm³/mol. The molecule has 0 spiro atoms.